The van der Waals surface area contributed by atoms with Gasteiger partial charge in [-0.3, -0.25) is 9.48 Å². The van der Waals surface area contributed by atoms with Gasteiger partial charge in [0, 0.05) is 18.4 Å². The first-order valence-electron chi connectivity index (χ1n) is 7.78. The minimum Gasteiger partial charge on any atom is -0.320 e. The molecule has 0 radical (unpaired) electrons. The van der Waals surface area contributed by atoms with E-state index in [1.54, 1.807) is 6.07 Å². The second-order valence-corrected chi connectivity index (χ2v) is 5.90. The summed E-state index contributed by atoms with van der Waals surface area (Å²) in [6.45, 7) is 5.97. The number of halogens is 1. The van der Waals surface area contributed by atoms with Gasteiger partial charge >= 0.3 is 0 Å². The monoisotopic (exact) mass is 334 g/mol. The number of piperidine rings is 1. The number of nitrogens with one attached hydrogen (secondary N) is 2. The number of carbonyl (C=O) groups is 1. The molecule has 5 nitrogen and oxygen atoms in total. The number of benzene rings is 1. The highest BCUT2D eigenvalue weighted by Gasteiger charge is 2.18. The van der Waals surface area contributed by atoms with E-state index < -0.39 is 0 Å². The minimum atomic E-state index is -0.153. The molecule has 3 rings (SSSR count). The molecule has 1 aromatic heterocycles. The Balaban J connectivity index is 0.00000192. The molecule has 6 heteroatoms. The molecule has 0 bridgehead atoms. The third kappa shape index (κ3) is 3.92. The topological polar surface area (TPSA) is 59.0 Å². The number of aromatic nitrogens is 2. The lowest BCUT2D eigenvalue weighted by atomic mass is 10.1. The SMILES string of the molecule is Cc1cccc(C)c1NC(=O)c1ccn(C2CCCNC2)n1.Cl. The number of aryl methyl sites for hydroxylation is 2. The normalized spacial score (nSPS) is 17.4. The summed E-state index contributed by atoms with van der Waals surface area (Å²) in [5.74, 6) is -0.153. The summed E-state index contributed by atoms with van der Waals surface area (Å²) in [6.07, 6.45) is 4.15. The fraction of sp³-hybridized carbons (Fsp3) is 0.412. The maximum absolute atomic E-state index is 12.4. The van der Waals surface area contributed by atoms with Gasteiger partial charge in [0.05, 0.1) is 6.04 Å². The van der Waals surface area contributed by atoms with Crippen LogP contribution in [0.3, 0.4) is 0 Å². The van der Waals surface area contributed by atoms with Crippen LogP contribution in [0.4, 0.5) is 5.69 Å². The number of nitrogens with zero attached hydrogens (tertiary/aromatic N) is 2. The highest BCUT2D eigenvalue weighted by atomic mass is 35.5. The van der Waals surface area contributed by atoms with Gasteiger partial charge in [-0.2, -0.15) is 5.10 Å². The number of para-hydroxylation sites is 1. The van der Waals surface area contributed by atoms with Crippen LogP contribution in [0.15, 0.2) is 30.5 Å². The van der Waals surface area contributed by atoms with Gasteiger partial charge in [0.25, 0.3) is 5.91 Å². The Kier molecular flexibility index (Phi) is 5.80. The summed E-state index contributed by atoms with van der Waals surface area (Å²) in [5.41, 5.74) is 3.46. The van der Waals surface area contributed by atoms with Crippen molar-refractivity contribution in [3.63, 3.8) is 0 Å². The Morgan fingerprint density at radius 2 is 2.04 bits per heavy atom. The van der Waals surface area contributed by atoms with Crippen molar-refractivity contribution in [2.45, 2.75) is 32.7 Å². The highest BCUT2D eigenvalue weighted by Crippen LogP contribution is 2.21. The fourth-order valence-electron chi connectivity index (χ4n) is 2.91. The molecule has 1 atom stereocenters. The van der Waals surface area contributed by atoms with Crippen LogP contribution in [0.5, 0.6) is 0 Å². The van der Waals surface area contributed by atoms with Crippen molar-refractivity contribution in [1.82, 2.24) is 15.1 Å². The average molecular weight is 335 g/mol. The van der Waals surface area contributed by atoms with Crippen LogP contribution in [0.2, 0.25) is 0 Å². The van der Waals surface area contributed by atoms with Gasteiger partial charge in [-0.25, -0.2) is 0 Å². The van der Waals surface area contributed by atoms with E-state index in [1.807, 2.05) is 42.9 Å². The molecule has 1 aliphatic heterocycles. The zero-order valence-corrected chi connectivity index (χ0v) is 14.3. The summed E-state index contributed by atoms with van der Waals surface area (Å²) in [6, 6.07) is 8.11. The van der Waals surface area contributed by atoms with Gasteiger partial charge in [0.15, 0.2) is 5.69 Å². The predicted molar refractivity (Wildman–Crippen MR) is 94.5 cm³/mol. The molecular weight excluding hydrogens is 312 g/mol. The zero-order chi connectivity index (χ0) is 15.5. The van der Waals surface area contributed by atoms with Gasteiger partial charge < -0.3 is 10.6 Å². The number of carbonyl (C=O) groups excluding carboxylic acids is 1. The summed E-state index contributed by atoms with van der Waals surface area (Å²) in [7, 11) is 0. The molecule has 1 saturated heterocycles. The van der Waals surface area contributed by atoms with Crippen LogP contribution >= 0.6 is 12.4 Å². The van der Waals surface area contributed by atoms with E-state index in [-0.39, 0.29) is 18.3 Å². The molecule has 23 heavy (non-hydrogen) atoms. The van der Waals surface area contributed by atoms with E-state index in [0.717, 1.165) is 42.7 Å². The summed E-state index contributed by atoms with van der Waals surface area (Å²) >= 11 is 0. The molecule has 2 N–H and O–H groups in total. The van der Waals surface area contributed by atoms with Crippen LogP contribution in [-0.4, -0.2) is 28.8 Å². The third-order valence-corrected chi connectivity index (χ3v) is 4.21. The molecule has 0 aliphatic carbocycles. The Morgan fingerprint density at radius 1 is 1.30 bits per heavy atom. The van der Waals surface area contributed by atoms with E-state index in [2.05, 4.69) is 15.7 Å². The second-order valence-electron chi connectivity index (χ2n) is 5.90. The summed E-state index contributed by atoms with van der Waals surface area (Å²) < 4.78 is 1.91. The molecule has 1 unspecified atom stereocenters. The first-order valence-corrected chi connectivity index (χ1v) is 7.78. The molecule has 1 fully saturated rings. The first kappa shape index (κ1) is 17.5. The van der Waals surface area contributed by atoms with E-state index in [4.69, 9.17) is 0 Å². The number of rotatable bonds is 3. The molecule has 1 aliphatic rings. The van der Waals surface area contributed by atoms with Crippen LogP contribution in [-0.2, 0) is 0 Å². The molecule has 124 valence electrons. The Labute approximate surface area is 142 Å². The molecule has 2 heterocycles. The van der Waals surface area contributed by atoms with E-state index >= 15 is 0 Å². The van der Waals surface area contributed by atoms with Crippen LogP contribution in [0.1, 0.15) is 40.5 Å². The highest BCUT2D eigenvalue weighted by molar-refractivity contribution is 6.03. The van der Waals surface area contributed by atoms with Gasteiger partial charge in [-0.05, 0) is 50.4 Å². The minimum absolute atomic E-state index is 0. The van der Waals surface area contributed by atoms with E-state index in [9.17, 15) is 4.79 Å². The molecule has 1 aromatic carbocycles. The van der Waals surface area contributed by atoms with Crippen molar-refractivity contribution >= 4 is 24.0 Å². The smallest absolute Gasteiger partial charge is 0.276 e. The molecule has 0 spiro atoms. The summed E-state index contributed by atoms with van der Waals surface area (Å²) in [4.78, 5) is 12.4. The maximum Gasteiger partial charge on any atom is 0.276 e. The molecule has 1 amide bonds. The molecule has 2 aromatic rings. The number of hydrogen-bond acceptors (Lipinski definition) is 3. The maximum atomic E-state index is 12.4. The van der Waals surface area contributed by atoms with E-state index in [1.165, 1.54) is 0 Å². The van der Waals surface area contributed by atoms with Crippen molar-refractivity contribution in [3.8, 4) is 0 Å². The lowest BCUT2D eigenvalue weighted by Crippen LogP contribution is -2.32. The van der Waals surface area contributed by atoms with Gasteiger partial charge in [-0.1, -0.05) is 18.2 Å². The van der Waals surface area contributed by atoms with Crippen molar-refractivity contribution < 1.29 is 4.79 Å². The third-order valence-electron chi connectivity index (χ3n) is 4.21. The molecular formula is C17H23ClN4O. The van der Waals surface area contributed by atoms with Crippen LogP contribution in [0.25, 0.3) is 0 Å². The summed E-state index contributed by atoms with van der Waals surface area (Å²) in [5, 5.41) is 10.8. The zero-order valence-electron chi connectivity index (χ0n) is 13.5. The number of anilines is 1. The molecule has 0 saturated carbocycles. The number of hydrogen-bond donors (Lipinski definition) is 2. The fourth-order valence-corrected chi connectivity index (χ4v) is 2.91. The average Bonchev–Trinajstić information content (AvgIpc) is 3.02. The Bertz CT molecular complexity index is 657. The van der Waals surface area contributed by atoms with Crippen molar-refractivity contribution in [2.24, 2.45) is 0 Å². The first-order chi connectivity index (χ1) is 10.6. The van der Waals surface area contributed by atoms with Gasteiger partial charge in [0.1, 0.15) is 0 Å². The van der Waals surface area contributed by atoms with Crippen molar-refractivity contribution in [2.75, 3.05) is 18.4 Å². The van der Waals surface area contributed by atoms with Gasteiger partial charge in [-0.15, -0.1) is 12.4 Å². The Morgan fingerprint density at radius 3 is 2.70 bits per heavy atom. The predicted octanol–water partition coefficient (Wildman–Crippen LogP) is 3.10. The van der Waals surface area contributed by atoms with Crippen LogP contribution < -0.4 is 10.6 Å². The van der Waals surface area contributed by atoms with E-state index in [0.29, 0.717) is 11.7 Å². The van der Waals surface area contributed by atoms with Crippen molar-refractivity contribution in [3.05, 3.63) is 47.3 Å². The Hall–Kier alpha value is -1.85. The lowest BCUT2D eigenvalue weighted by molar-refractivity contribution is 0.102. The van der Waals surface area contributed by atoms with Crippen molar-refractivity contribution in [1.29, 1.82) is 0 Å². The van der Waals surface area contributed by atoms with Crippen LogP contribution in [0, 0.1) is 13.8 Å². The number of amides is 1. The quantitative estimate of drug-likeness (QED) is 0.906. The lowest BCUT2D eigenvalue weighted by Gasteiger charge is -2.22. The largest absolute Gasteiger partial charge is 0.320 e. The standard InChI is InChI=1S/C17H22N4O.ClH/c1-12-5-3-6-13(2)16(12)19-17(22)15-8-10-21(20-15)14-7-4-9-18-11-14;/h3,5-6,8,10,14,18H,4,7,9,11H2,1-2H3,(H,19,22);1H. The van der Waals surface area contributed by atoms with Gasteiger partial charge in [0.2, 0.25) is 0 Å². The second kappa shape index (κ2) is 7.62.